The van der Waals surface area contributed by atoms with E-state index in [2.05, 4.69) is 19.2 Å². The highest BCUT2D eigenvalue weighted by Crippen LogP contribution is 2.29. The zero-order valence-electron chi connectivity index (χ0n) is 20.2. The van der Waals surface area contributed by atoms with Gasteiger partial charge in [-0.05, 0) is 65.7 Å². The maximum absolute atomic E-state index is 13.6. The molecule has 0 unspecified atom stereocenters. The van der Waals surface area contributed by atoms with Crippen LogP contribution in [0.4, 0.5) is 5.69 Å². The smallest absolute Gasteiger partial charge is 0.270 e. The van der Waals surface area contributed by atoms with Gasteiger partial charge >= 0.3 is 0 Å². The van der Waals surface area contributed by atoms with E-state index >= 15 is 0 Å². The van der Waals surface area contributed by atoms with E-state index in [9.17, 15) is 9.59 Å². The molecule has 2 heterocycles. The summed E-state index contributed by atoms with van der Waals surface area (Å²) in [5, 5.41) is 4.77. The van der Waals surface area contributed by atoms with Crippen LogP contribution in [-0.2, 0) is 16.1 Å². The minimum atomic E-state index is -0.525. The number of hydrogen-bond acceptors (Lipinski definition) is 3. The van der Waals surface area contributed by atoms with Gasteiger partial charge in [-0.25, -0.2) is 0 Å². The fraction of sp³-hybridized carbons (Fsp3) is 0.138. The predicted molar refractivity (Wildman–Crippen MR) is 154 cm³/mol. The molecule has 1 N–H and O–H groups in total. The number of halogens is 2. The van der Waals surface area contributed by atoms with Crippen molar-refractivity contribution in [3.8, 4) is 0 Å². The Morgan fingerprint density at radius 2 is 1.73 bits per heavy atom. The van der Waals surface area contributed by atoms with Crippen molar-refractivity contribution in [1.82, 2.24) is 9.88 Å². The minimum Gasteiger partial charge on any atom is -0.342 e. The molecule has 0 atom stereocenters. The topological polar surface area (TPSA) is 54.3 Å². The van der Waals surface area contributed by atoms with Gasteiger partial charge in [0.2, 0.25) is 0 Å². The molecule has 186 valence electrons. The quantitative estimate of drug-likeness (QED) is 0.167. The predicted octanol–water partition coefficient (Wildman–Crippen LogP) is 6.95. The Labute approximate surface area is 230 Å². The van der Waals surface area contributed by atoms with Gasteiger partial charge in [-0.2, -0.15) is 0 Å². The largest absolute Gasteiger partial charge is 0.342 e. The number of anilines is 1. The van der Waals surface area contributed by atoms with E-state index < -0.39 is 11.8 Å². The third-order valence-corrected chi connectivity index (χ3v) is 7.27. The highest BCUT2D eigenvalue weighted by Gasteiger charge is 2.34. The second-order valence-corrected chi connectivity index (χ2v) is 10.4. The van der Waals surface area contributed by atoms with Gasteiger partial charge in [0.05, 0.1) is 5.69 Å². The molecule has 0 bridgehead atoms. The molecule has 0 spiro atoms. The number of rotatable bonds is 5. The monoisotopic (exact) mass is 547 g/mol. The van der Waals surface area contributed by atoms with Gasteiger partial charge in [0.15, 0.2) is 5.11 Å². The lowest BCUT2D eigenvalue weighted by Crippen LogP contribution is -2.54. The number of nitrogens with zero attached hydrogens (tertiary/aromatic N) is 2. The molecule has 37 heavy (non-hydrogen) atoms. The zero-order chi connectivity index (χ0) is 26.3. The molecule has 1 aromatic heterocycles. The molecule has 0 saturated carbocycles. The maximum Gasteiger partial charge on any atom is 0.270 e. The molecule has 8 heteroatoms. The number of amides is 2. The second-order valence-electron chi connectivity index (χ2n) is 9.17. The van der Waals surface area contributed by atoms with Crippen molar-refractivity contribution in [2.75, 3.05) is 4.90 Å². The molecule has 1 aliphatic heterocycles. The first-order chi connectivity index (χ1) is 17.7. The lowest BCUT2D eigenvalue weighted by atomic mass is 10.0. The second kappa shape index (κ2) is 10.1. The van der Waals surface area contributed by atoms with E-state index in [1.54, 1.807) is 18.2 Å². The average Bonchev–Trinajstić information content (AvgIpc) is 3.21. The molecule has 0 radical (unpaired) electrons. The van der Waals surface area contributed by atoms with Crippen LogP contribution < -0.4 is 10.2 Å². The lowest BCUT2D eigenvalue weighted by Gasteiger charge is -2.29. The van der Waals surface area contributed by atoms with Crippen molar-refractivity contribution < 1.29 is 9.59 Å². The van der Waals surface area contributed by atoms with Gasteiger partial charge in [-0.1, -0.05) is 73.4 Å². The first-order valence-electron chi connectivity index (χ1n) is 11.8. The van der Waals surface area contributed by atoms with Crippen molar-refractivity contribution >= 4 is 75.0 Å². The van der Waals surface area contributed by atoms with E-state index in [1.807, 2.05) is 65.4 Å². The van der Waals surface area contributed by atoms with Crippen LogP contribution in [0.3, 0.4) is 0 Å². The zero-order valence-corrected chi connectivity index (χ0v) is 22.5. The third-order valence-electron chi connectivity index (χ3n) is 6.39. The van der Waals surface area contributed by atoms with Crippen molar-refractivity contribution in [1.29, 1.82) is 0 Å². The first kappa shape index (κ1) is 25.2. The molecule has 2 amide bonds. The summed E-state index contributed by atoms with van der Waals surface area (Å²) in [5.41, 5.74) is 4.34. The molecule has 4 aromatic rings. The molecule has 1 fully saturated rings. The van der Waals surface area contributed by atoms with Crippen molar-refractivity contribution in [3.63, 3.8) is 0 Å². The number of carbonyl (C=O) groups is 2. The van der Waals surface area contributed by atoms with Crippen molar-refractivity contribution in [2.24, 2.45) is 0 Å². The molecular weight excluding hydrogens is 525 g/mol. The standard InChI is InChI=1S/C29H23Cl2N3O2S/c1-17(2)18-8-11-22(12-9-18)34-28(36)24(27(35)32-29(34)37)13-20-16-33(26-6-4-3-5-23(20)26)15-19-7-10-21(30)14-25(19)31/h3-14,16-17H,15H2,1-2H3,(H,32,35,37)/b24-13+. The van der Waals surface area contributed by atoms with Gasteiger partial charge in [-0.15, -0.1) is 0 Å². The van der Waals surface area contributed by atoms with Gasteiger partial charge in [0.1, 0.15) is 5.57 Å². The summed E-state index contributed by atoms with van der Waals surface area (Å²) in [7, 11) is 0. The Morgan fingerprint density at radius 1 is 1.00 bits per heavy atom. The van der Waals surface area contributed by atoms with Crippen molar-refractivity contribution in [3.05, 3.63) is 105 Å². The van der Waals surface area contributed by atoms with Crippen LogP contribution in [0.15, 0.2) is 78.5 Å². The number of nitrogens with one attached hydrogen (secondary N) is 1. The van der Waals surface area contributed by atoms with E-state index in [0.29, 0.717) is 28.2 Å². The van der Waals surface area contributed by atoms with Crippen LogP contribution in [0.1, 0.15) is 36.5 Å². The molecule has 0 aliphatic carbocycles. The number of carbonyl (C=O) groups excluding carboxylic acids is 2. The van der Waals surface area contributed by atoms with Gasteiger partial charge in [0.25, 0.3) is 11.8 Å². The number of benzene rings is 3. The minimum absolute atomic E-state index is 0.00830. The van der Waals surface area contributed by atoms with E-state index in [-0.39, 0.29) is 10.7 Å². The number of hydrogen-bond donors (Lipinski definition) is 1. The van der Waals surface area contributed by atoms with Gasteiger partial charge in [-0.3, -0.25) is 19.8 Å². The molecule has 1 aliphatic rings. The lowest BCUT2D eigenvalue weighted by molar-refractivity contribution is -0.122. The Kier molecular flexibility index (Phi) is 6.90. The number of fused-ring (bicyclic) bond motifs is 1. The summed E-state index contributed by atoms with van der Waals surface area (Å²) in [6.07, 6.45) is 3.54. The Balaban J connectivity index is 1.54. The molecular formula is C29H23Cl2N3O2S. The fourth-order valence-electron chi connectivity index (χ4n) is 4.41. The SMILES string of the molecule is CC(C)c1ccc(N2C(=O)/C(=C/c3cn(Cc4ccc(Cl)cc4Cl)c4ccccc34)C(=O)NC2=S)cc1. The normalized spacial score (nSPS) is 15.2. The van der Waals surface area contributed by atoms with E-state index in [1.165, 1.54) is 4.90 Å². The van der Waals surface area contributed by atoms with Crippen LogP contribution in [0.25, 0.3) is 17.0 Å². The summed E-state index contributed by atoms with van der Waals surface area (Å²) in [6, 6.07) is 20.8. The van der Waals surface area contributed by atoms with Crippen LogP contribution in [0.2, 0.25) is 10.0 Å². The average molecular weight is 548 g/mol. The van der Waals surface area contributed by atoms with Crippen molar-refractivity contribution in [2.45, 2.75) is 26.3 Å². The van der Waals surface area contributed by atoms with Gasteiger partial charge < -0.3 is 4.57 Å². The summed E-state index contributed by atoms with van der Waals surface area (Å²) in [5.74, 6) is -0.639. The molecule has 5 nitrogen and oxygen atoms in total. The van der Waals surface area contributed by atoms with Crippen LogP contribution in [0.5, 0.6) is 0 Å². The van der Waals surface area contributed by atoms with Gasteiger partial charge in [0, 0.05) is 39.3 Å². The number of thiocarbonyl (C=S) groups is 1. The summed E-state index contributed by atoms with van der Waals surface area (Å²) >= 11 is 17.8. The van der Waals surface area contributed by atoms with E-state index in [0.717, 1.165) is 27.6 Å². The highest BCUT2D eigenvalue weighted by atomic mass is 35.5. The Bertz CT molecular complexity index is 1590. The molecule has 1 saturated heterocycles. The summed E-state index contributed by atoms with van der Waals surface area (Å²) in [6.45, 7) is 4.70. The Hall–Kier alpha value is -3.45. The van der Waals surface area contributed by atoms with Crippen LogP contribution in [0, 0.1) is 0 Å². The van der Waals surface area contributed by atoms with E-state index in [4.69, 9.17) is 35.4 Å². The number of aromatic nitrogens is 1. The Morgan fingerprint density at radius 3 is 2.43 bits per heavy atom. The molecule has 5 rings (SSSR count). The van der Waals surface area contributed by atoms with Crippen LogP contribution >= 0.6 is 35.4 Å². The highest BCUT2D eigenvalue weighted by molar-refractivity contribution is 7.80. The summed E-state index contributed by atoms with van der Waals surface area (Å²) < 4.78 is 2.04. The third kappa shape index (κ3) is 4.92. The fourth-order valence-corrected chi connectivity index (χ4v) is 5.16. The first-order valence-corrected chi connectivity index (χ1v) is 12.9. The summed E-state index contributed by atoms with van der Waals surface area (Å²) in [4.78, 5) is 27.8. The maximum atomic E-state index is 13.6. The molecule has 3 aromatic carbocycles. The number of para-hydroxylation sites is 1. The van der Waals surface area contributed by atoms with Crippen LogP contribution in [-0.4, -0.2) is 21.5 Å².